The first kappa shape index (κ1) is 19.2. The molecule has 0 atom stereocenters. The molecule has 0 aliphatic carbocycles. The summed E-state index contributed by atoms with van der Waals surface area (Å²) in [4.78, 5) is 41.5. The lowest BCUT2D eigenvalue weighted by atomic mass is 10.0. The minimum Gasteiger partial charge on any atom is -0.345 e. The van der Waals surface area contributed by atoms with Gasteiger partial charge in [0.1, 0.15) is 0 Å². The van der Waals surface area contributed by atoms with E-state index < -0.39 is 4.92 Å². The molecule has 10 heteroatoms. The van der Waals surface area contributed by atoms with Gasteiger partial charge in [-0.05, 0) is 24.3 Å². The molecule has 0 unspecified atom stereocenters. The highest BCUT2D eigenvalue weighted by Crippen LogP contribution is 2.23. The molecule has 152 valence electrons. The van der Waals surface area contributed by atoms with Crippen molar-refractivity contribution in [3.8, 4) is 0 Å². The maximum absolute atomic E-state index is 12.8. The van der Waals surface area contributed by atoms with E-state index >= 15 is 0 Å². The van der Waals surface area contributed by atoms with Gasteiger partial charge in [-0.15, -0.1) is 0 Å². The largest absolute Gasteiger partial charge is 0.345 e. The summed E-state index contributed by atoms with van der Waals surface area (Å²) in [6.45, 7) is 0.959. The number of aromatic nitrogens is 3. The molecule has 0 bridgehead atoms. The molecule has 10 nitrogen and oxygen atoms in total. The summed E-state index contributed by atoms with van der Waals surface area (Å²) in [5, 5.41) is 20.6. The molecule has 1 aliphatic rings. The summed E-state index contributed by atoms with van der Waals surface area (Å²) in [5.41, 5.74) is 2.76. The SMILES string of the molecule is O=C(NCc1ccccn1)c1n[nH]c2c1CN(C(=O)c1ccc([N+](=O)[O-])cc1)CC2. The number of rotatable bonds is 5. The monoisotopic (exact) mass is 406 g/mol. The van der Waals surface area contributed by atoms with Crippen LogP contribution in [0.15, 0.2) is 48.7 Å². The zero-order chi connectivity index (χ0) is 21.1. The van der Waals surface area contributed by atoms with E-state index in [4.69, 9.17) is 0 Å². The fraction of sp³-hybridized carbons (Fsp3) is 0.200. The Bertz CT molecular complexity index is 1090. The number of nitro benzene ring substituents is 1. The van der Waals surface area contributed by atoms with Gasteiger partial charge in [0.25, 0.3) is 17.5 Å². The molecule has 1 aliphatic heterocycles. The first-order chi connectivity index (χ1) is 14.5. The van der Waals surface area contributed by atoms with E-state index in [0.29, 0.717) is 24.1 Å². The van der Waals surface area contributed by atoms with Crippen LogP contribution in [0.3, 0.4) is 0 Å². The molecule has 30 heavy (non-hydrogen) atoms. The molecule has 4 rings (SSSR count). The third kappa shape index (κ3) is 3.88. The van der Waals surface area contributed by atoms with Crippen molar-refractivity contribution in [3.05, 3.63) is 87.0 Å². The molecule has 0 fully saturated rings. The summed E-state index contributed by atoms with van der Waals surface area (Å²) in [7, 11) is 0. The van der Waals surface area contributed by atoms with Crippen molar-refractivity contribution in [3.63, 3.8) is 0 Å². The Hall–Kier alpha value is -4.08. The Morgan fingerprint density at radius 3 is 2.70 bits per heavy atom. The molecular formula is C20H18N6O4. The van der Waals surface area contributed by atoms with Gasteiger partial charge < -0.3 is 10.2 Å². The van der Waals surface area contributed by atoms with Gasteiger partial charge in [-0.3, -0.25) is 29.8 Å². The Kier molecular flexibility index (Phi) is 5.21. The van der Waals surface area contributed by atoms with E-state index in [2.05, 4.69) is 20.5 Å². The Morgan fingerprint density at radius 2 is 2.00 bits per heavy atom. The van der Waals surface area contributed by atoms with Crippen LogP contribution >= 0.6 is 0 Å². The van der Waals surface area contributed by atoms with Crippen LogP contribution in [0.1, 0.15) is 37.8 Å². The number of nitro groups is 1. The van der Waals surface area contributed by atoms with Gasteiger partial charge in [0, 0.05) is 48.1 Å². The number of fused-ring (bicyclic) bond motifs is 1. The van der Waals surface area contributed by atoms with Crippen molar-refractivity contribution in [2.75, 3.05) is 6.54 Å². The molecule has 1 aromatic carbocycles. The molecule has 2 N–H and O–H groups in total. The average molecular weight is 406 g/mol. The molecule has 0 saturated carbocycles. The van der Waals surface area contributed by atoms with Crippen LogP contribution in [0.4, 0.5) is 5.69 Å². The van der Waals surface area contributed by atoms with Gasteiger partial charge >= 0.3 is 0 Å². The molecule has 0 saturated heterocycles. The zero-order valence-electron chi connectivity index (χ0n) is 15.9. The minimum absolute atomic E-state index is 0.0748. The molecule has 2 aromatic heterocycles. The van der Waals surface area contributed by atoms with Crippen LogP contribution < -0.4 is 5.32 Å². The first-order valence-electron chi connectivity index (χ1n) is 9.31. The second-order valence-electron chi connectivity index (χ2n) is 6.81. The normalized spacial score (nSPS) is 12.9. The van der Waals surface area contributed by atoms with Crippen LogP contribution in [0.2, 0.25) is 0 Å². The van der Waals surface area contributed by atoms with E-state index in [0.717, 1.165) is 11.4 Å². The third-order valence-electron chi connectivity index (χ3n) is 4.92. The molecular weight excluding hydrogens is 388 g/mol. The quantitative estimate of drug-likeness (QED) is 0.490. The molecule has 0 spiro atoms. The Labute approximate surface area is 171 Å². The highest BCUT2D eigenvalue weighted by Gasteiger charge is 2.28. The average Bonchev–Trinajstić information content (AvgIpc) is 3.21. The van der Waals surface area contributed by atoms with Crippen LogP contribution in [0, 0.1) is 10.1 Å². The van der Waals surface area contributed by atoms with Crippen LogP contribution in [0.5, 0.6) is 0 Å². The number of aromatic amines is 1. The zero-order valence-corrected chi connectivity index (χ0v) is 15.9. The summed E-state index contributed by atoms with van der Waals surface area (Å²) in [6, 6.07) is 10.9. The van der Waals surface area contributed by atoms with E-state index in [1.165, 1.54) is 24.3 Å². The fourth-order valence-corrected chi connectivity index (χ4v) is 3.32. The number of hydrogen-bond donors (Lipinski definition) is 2. The van der Waals surface area contributed by atoms with Crippen molar-refractivity contribution in [2.45, 2.75) is 19.5 Å². The topological polar surface area (TPSA) is 134 Å². The van der Waals surface area contributed by atoms with Gasteiger partial charge in [-0.25, -0.2) is 0 Å². The summed E-state index contributed by atoms with van der Waals surface area (Å²) in [6.07, 6.45) is 2.19. The summed E-state index contributed by atoms with van der Waals surface area (Å²) >= 11 is 0. The number of nitrogens with one attached hydrogen (secondary N) is 2. The minimum atomic E-state index is -0.511. The first-order valence-corrected chi connectivity index (χ1v) is 9.31. The number of benzene rings is 1. The number of carbonyl (C=O) groups is 2. The number of nitrogens with zero attached hydrogens (tertiary/aromatic N) is 4. The number of carbonyl (C=O) groups excluding carboxylic acids is 2. The molecule has 0 radical (unpaired) electrons. The van der Waals surface area contributed by atoms with Crippen molar-refractivity contribution < 1.29 is 14.5 Å². The van der Waals surface area contributed by atoms with Crippen LogP contribution in [0.25, 0.3) is 0 Å². The lowest BCUT2D eigenvalue weighted by molar-refractivity contribution is -0.384. The van der Waals surface area contributed by atoms with Gasteiger partial charge in [0.15, 0.2) is 5.69 Å². The Morgan fingerprint density at radius 1 is 1.20 bits per heavy atom. The number of non-ortho nitro benzene ring substituents is 1. The van der Waals surface area contributed by atoms with Gasteiger partial charge in [0.2, 0.25) is 0 Å². The Balaban J connectivity index is 1.46. The van der Waals surface area contributed by atoms with Gasteiger partial charge in [-0.1, -0.05) is 6.07 Å². The van der Waals surface area contributed by atoms with Gasteiger partial charge in [-0.2, -0.15) is 5.10 Å². The van der Waals surface area contributed by atoms with Gasteiger partial charge in [0.05, 0.1) is 23.7 Å². The second kappa shape index (κ2) is 8.11. The maximum atomic E-state index is 12.8. The third-order valence-corrected chi connectivity index (χ3v) is 4.92. The second-order valence-corrected chi connectivity index (χ2v) is 6.81. The molecule has 3 heterocycles. The smallest absolute Gasteiger partial charge is 0.272 e. The predicted molar refractivity (Wildman–Crippen MR) is 106 cm³/mol. The lowest BCUT2D eigenvalue weighted by Crippen LogP contribution is -2.36. The van der Waals surface area contributed by atoms with Crippen LogP contribution in [-0.4, -0.2) is 43.4 Å². The number of H-pyrrole nitrogens is 1. The lowest BCUT2D eigenvalue weighted by Gasteiger charge is -2.27. The van der Waals surface area contributed by atoms with Crippen molar-refractivity contribution in [1.29, 1.82) is 0 Å². The van der Waals surface area contributed by atoms with E-state index in [-0.39, 0.29) is 36.3 Å². The maximum Gasteiger partial charge on any atom is 0.272 e. The fourth-order valence-electron chi connectivity index (χ4n) is 3.32. The number of amides is 2. The van der Waals surface area contributed by atoms with E-state index in [1.807, 2.05) is 12.1 Å². The number of hydrogen-bond acceptors (Lipinski definition) is 6. The number of pyridine rings is 1. The predicted octanol–water partition coefficient (Wildman–Crippen LogP) is 1.84. The summed E-state index contributed by atoms with van der Waals surface area (Å²) in [5.74, 6) is -0.598. The highest BCUT2D eigenvalue weighted by molar-refractivity contribution is 5.96. The van der Waals surface area contributed by atoms with E-state index in [1.54, 1.807) is 17.2 Å². The van der Waals surface area contributed by atoms with Crippen LogP contribution in [-0.2, 0) is 19.5 Å². The molecule has 3 aromatic rings. The molecule has 2 amide bonds. The summed E-state index contributed by atoms with van der Waals surface area (Å²) < 4.78 is 0. The highest BCUT2D eigenvalue weighted by atomic mass is 16.6. The standard InChI is InChI=1S/C20H18N6O4/c27-19(22-11-14-3-1-2-9-21-14)18-16-12-25(10-8-17(16)23-24-18)20(28)13-4-6-15(7-5-13)26(29)30/h1-7,9H,8,10-12H2,(H,22,27)(H,23,24). The van der Waals surface area contributed by atoms with E-state index in [9.17, 15) is 19.7 Å². The van der Waals surface area contributed by atoms with Crippen molar-refractivity contribution in [1.82, 2.24) is 25.4 Å². The van der Waals surface area contributed by atoms with Crippen molar-refractivity contribution >= 4 is 17.5 Å². The van der Waals surface area contributed by atoms with Crippen molar-refractivity contribution in [2.24, 2.45) is 0 Å².